The predicted octanol–water partition coefficient (Wildman–Crippen LogP) is 4.07. The highest BCUT2D eigenvalue weighted by atomic mass is 19.1. The number of nitrogens with one attached hydrogen (secondary N) is 1. The van der Waals surface area contributed by atoms with Gasteiger partial charge in [-0.15, -0.1) is 0 Å². The Kier molecular flexibility index (Phi) is 5.84. The van der Waals surface area contributed by atoms with Crippen molar-refractivity contribution in [1.29, 1.82) is 0 Å². The van der Waals surface area contributed by atoms with Gasteiger partial charge in [0.2, 0.25) is 0 Å². The Hall–Kier alpha value is -1.09. The van der Waals surface area contributed by atoms with Crippen molar-refractivity contribution < 1.29 is 9.13 Å². The molecule has 112 valence electrons. The average molecular weight is 279 g/mol. The minimum atomic E-state index is -0.267. The highest BCUT2D eigenvalue weighted by Crippen LogP contribution is 2.28. The molecule has 0 heterocycles. The van der Waals surface area contributed by atoms with E-state index < -0.39 is 0 Å². The third-order valence-electron chi connectivity index (χ3n) is 4.13. The lowest BCUT2D eigenvalue weighted by Gasteiger charge is -2.25. The molecule has 0 amide bonds. The molecule has 1 fully saturated rings. The van der Waals surface area contributed by atoms with Crippen molar-refractivity contribution in [2.24, 2.45) is 5.92 Å². The molecule has 1 saturated carbocycles. The fourth-order valence-corrected chi connectivity index (χ4v) is 2.95. The SMILES string of the molecule is CCCNC(COc1cc(C)ccc1F)C1CCCC1. The maximum absolute atomic E-state index is 13.7. The zero-order valence-corrected chi connectivity index (χ0v) is 12.6. The van der Waals surface area contributed by atoms with Crippen LogP contribution in [0.4, 0.5) is 4.39 Å². The van der Waals surface area contributed by atoms with Gasteiger partial charge in [0, 0.05) is 6.04 Å². The molecule has 0 saturated heterocycles. The summed E-state index contributed by atoms with van der Waals surface area (Å²) in [6.07, 6.45) is 6.27. The molecule has 20 heavy (non-hydrogen) atoms. The Bertz CT molecular complexity index is 415. The van der Waals surface area contributed by atoms with E-state index in [0.29, 0.717) is 24.3 Å². The Morgan fingerprint density at radius 1 is 1.35 bits per heavy atom. The number of rotatable bonds is 7. The third kappa shape index (κ3) is 4.20. The minimum absolute atomic E-state index is 0.267. The molecule has 3 heteroatoms. The zero-order valence-electron chi connectivity index (χ0n) is 12.6. The first kappa shape index (κ1) is 15.3. The highest BCUT2D eigenvalue weighted by molar-refractivity contribution is 5.29. The van der Waals surface area contributed by atoms with Crippen molar-refractivity contribution in [1.82, 2.24) is 5.32 Å². The quantitative estimate of drug-likeness (QED) is 0.812. The summed E-state index contributed by atoms with van der Waals surface area (Å²) >= 11 is 0. The van der Waals surface area contributed by atoms with Crippen molar-refractivity contribution >= 4 is 0 Å². The van der Waals surface area contributed by atoms with Gasteiger partial charge >= 0.3 is 0 Å². The molecule has 1 N–H and O–H groups in total. The lowest BCUT2D eigenvalue weighted by molar-refractivity contribution is 0.211. The summed E-state index contributed by atoms with van der Waals surface area (Å²) in [4.78, 5) is 0. The number of ether oxygens (including phenoxy) is 1. The van der Waals surface area contributed by atoms with Gasteiger partial charge in [-0.05, 0) is 56.3 Å². The van der Waals surface area contributed by atoms with Gasteiger partial charge in [-0.2, -0.15) is 0 Å². The van der Waals surface area contributed by atoms with E-state index in [4.69, 9.17) is 4.74 Å². The summed E-state index contributed by atoms with van der Waals surface area (Å²) in [5.41, 5.74) is 1.03. The van der Waals surface area contributed by atoms with Crippen molar-refractivity contribution in [3.8, 4) is 5.75 Å². The normalized spacial score (nSPS) is 17.4. The molecule has 2 rings (SSSR count). The van der Waals surface area contributed by atoms with Gasteiger partial charge < -0.3 is 10.1 Å². The minimum Gasteiger partial charge on any atom is -0.489 e. The van der Waals surface area contributed by atoms with E-state index in [1.165, 1.54) is 31.7 Å². The molecule has 1 aliphatic rings. The third-order valence-corrected chi connectivity index (χ3v) is 4.13. The van der Waals surface area contributed by atoms with Crippen LogP contribution in [0.3, 0.4) is 0 Å². The maximum atomic E-state index is 13.7. The molecule has 1 aromatic rings. The molecule has 0 spiro atoms. The zero-order chi connectivity index (χ0) is 14.4. The van der Waals surface area contributed by atoms with Crippen LogP contribution in [0.25, 0.3) is 0 Å². The lowest BCUT2D eigenvalue weighted by atomic mass is 9.98. The first-order valence-corrected chi connectivity index (χ1v) is 7.83. The van der Waals surface area contributed by atoms with Crippen molar-refractivity contribution in [3.63, 3.8) is 0 Å². The Balaban J connectivity index is 1.94. The molecule has 0 aliphatic heterocycles. The lowest BCUT2D eigenvalue weighted by Crippen LogP contribution is -2.40. The number of hydrogen-bond donors (Lipinski definition) is 1. The Labute approximate surface area is 121 Å². The monoisotopic (exact) mass is 279 g/mol. The fraction of sp³-hybridized carbons (Fsp3) is 0.647. The van der Waals surface area contributed by atoms with Crippen LogP contribution in [0.2, 0.25) is 0 Å². The van der Waals surface area contributed by atoms with Crippen LogP contribution in [0.1, 0.15) is 44.6 Å². The molecule has 1 aromatic carbocycles. The van der Waals surface area contributed by atoms with Crippen LogP contribution < -0.4 is 10.1 Å². The number of halogens is 1. The fourth-order valence-electron chi connectivity index (χ4n) is 2.95. The summed E-state index contributed by atoms with van der Waals surface area (Å²) in [6.45, 7) is 5.68. The molecular formula is C17H26FNO. The van der Waals surface area contributed by atoms with Gasteiger partial charge in [0.25, 0.3) is 0 Å². The molecule has 1 aliphatic carbocycles. The van der Waals surface area contributed by atoms with E-state index in [-0.39, 0.29) is 5.82 Å². The summed E-state index contributed by atoms with van der Waals surface area (Å²) in [5.74, 6) is 0.789. The van der Waals surface area contributed by atoms with E-state index in [1.54, 1.807) is 12.1 Å². The molecule has 0 bridgehead atoms. The summed E-state index contributed by atoms with van der Waals surface area (Å²) < 4.78 is 19.5. The maximum Gasteiger partial charge on any atom is 0.165 e. The van der Waals surface area contributed by atoms with Gasteiger partial charge in [-0.25, -0.2) is 4.39 Å². The number of benzene rings is 1. The molecule has 1 atom stereocenters. The molecule has 2 nitrogen and oxygen atoms in total. The van der Waals surface area contributed by atoms with Gasteiger partial charge in [-0.3, -0.25) is 0 Å². The first-order chi connectivity index (χ1) is 9.70. The van der Waals surface area contributed by atoms with E-state index in [1.807, 2.05) is 6.92 Å². The number of aryl methyl sites for hydroxylation is 1. The summed E-state index contributed by atoms with van der Waals surface area (Å²) in [6, 6.07) is 5.37. The standard InChI is InChI=1S/C17H26FNO/c1-3-10-19-16(14-6-4-5-7-14)12-20-17-11-13(2)8-9-15(17)18/h8-9,11,14,16,19H,3-7,10,12H2,1-2H3. The predicted molar refractivity (Wildman–Crippen MR) is 80.7 cm³/mol. The topological polar surface area (TPSA) is 21.3 Å². The van der Waals surface area contributed by atoms with E-state index in [9.17, 15) is 4.39 Å². The summed E-state index contributed by atoms with van der Waals surface area (Å²) in [5, 5.41) is 3.57. The van der Waals surface area contributed by atoms with E-state index in [2.05, 4.69) is 12.2 Å². The van der Waals surface area contributed by atoms with Gasteiger partial charge in [-0.1, -0.05) is 25.8 Å². The van der Waals surface area contributed by atoms with Crippen LogP contribution in [0.5, 0.6) is 5.75 Å². The highest BCUT2D eigenvalue weighted by Gasteiger charge is 2.25. The Morgan fingerprint density at radius 2 is 2.10 bits per heavy atom. The smallest absolute Gasteiger partial charge is 0.165 e. The van der Waals surface area contributed by atoms with Crippen molar-refractivity contribution in [3.05, 3.63) is 29.6 Å². The molecule has 0 radical (unpaired) electrons. The van der Waals surface area contributed by atoms with Crippen LogP contribution in [0.15, 0.2) is 18.2 Å². The van der Waals surface area contributed by atoms with E-state index >= 15 is 0 Å². The second-order valence-corrected chi connectivity index (χ2v) is 5.85. The second-order valence-electron chi connectivity index (χ2n) is 5.85. The van der Waals surface area contributed by atoms with Gasteiger partial charge in [0.15, 0.2) is 11.6 Å². The van der Waals surface area contributed by atoms with Crippen LogP contribution >= 0.6 is 0 Å². The van der Waals surface area contributed by atoms with Crippen LogP contribution in [-0.4, -0.2) is 19.2 Å². The average Bonchev–Trinajstić information content (AvgIpc) is 2.96. The second kappa shape index (κ2) is 7.63. The van der Waals surface area contributed by atoms with Crippen molar-refractivity contribution in [2.75, 3.05) is 13.2 Å². The number of hydrogen-bond acceptors (Lipinski definition) is 2. The van der Waals surface area contributed by atoms with E-state index in [0.717, 1.165) is 18.5 Å². The van der Waals surface area contributed by atoms with Gasteiger partial charge in [0.05, 0.1) is 0 Å². The van der Waals surface area contributed by atoms with Crippen LogP contribution in [0, 0.1) is 18.7 Å². The first-order valence-electron chi connectivity index (χ1n) is 7.83. The van der Waals surface area contributed by atoms with Crippen LogP contribution in [-0.2, 0) is 0 Å². The Morgan fingerprint density at radius 3 is 2.80 bits per heavy atom. The molecule has 0 aromatic heterocycles. The largest absolute Gasteiger partial charge is 0.489 e. The van der Waals surface area contributed by atoms with Crippen molar-refractivity contribution in [2.45, 2.75) is 52.0 Å². The molecule has 1 unspecified atom stereocenters. The summed E-state index contributed by atoms with van der Waals surface area (Å²) in [7, 11) is 0. The molecular weight excluding hydrogens is 253 g/mol. The van der Waals surface area contributed by atoms with Gasteiger partial charge in [0.1, 0.15) is 6.61 Å².